The molecule has 0 atom stereocenters. The van der Waals surface area contributed by atoms with Crippen LogP contribution in [0.2, 0.25) is 0 Å². The number of rotatable bonds is 3. The summed E-state index contributed by atoms with van der Waals surface area (Å²) in [5.41, 5.74) is 0.924. The number of nitrogens with one attached hydrogen (secondary N) is 2. The van der Waals surface area contributed by atoms with E-state index in [0.29, 0.717) is 17.7 Å². The molecule has 0 saturated carbocycles. The molecule has 76 valence electrons. The molecule has 0 amide bonds. The maximum absolute atomic E-state index is 5.06. The van der Waals surface area contributed by atoms with Crippen LogP contribution in [-0.2, 0) is 6.54 Å². The Bertz CT molecular complexity index is 286. The van der Waals surface area contributed by atoms with Gasteiger partial charge in [-0.15, -0.1) is 0 Å². The van der Waals surface area contributed by atoms with Crippen LogP contribution in [0.25, 0.3) is 0 Å². The summed E-state index contributed by atoms with van der Waals surface area (Å²) in [5, 5.41) is 6.80. The summed E-state index contributed by atoms with van der Waals surface area (Å²) in [6.45, 7) is 4.71. The first-order valence-corrected chi connectivity index (χ1v) is 4.88. The zero-order valence-corrected chi connectivity index (χ0v) is 9.14. The smallest absolute Gasteiger partial charge is 0.166 e. The van der Waals surface area contributed by atoms with E-state index in [0.717, 1.165) is 5.69 Å². The summed E-state index contributed by atoms with van der Waals surface area (Å²) in [6, 6.07) is 2.20. The second-order valence-corrected chi connectivity index (χ2v) is 3.59. The molecule has 0 aliphatic carbocycles. The quantitative estimate of drug-likeness (QED) is 0.724. The van der Waals surface area contributed by atoms with Gasteiger partial charge in [0, 0.05) is 12.2 Å². The molecule has 1 aromatic rings. The Balaban J connectivity index is 2.31. The van der Waals surface area contributed by atoms with Crippen LogP contribution in [0.4, 0.5) is 0 Å². The van der Waals surface area contributed by atoms with Crippen molar-refractivity contribution in [1.29, 1.82) is 0 Å². The van der Waals surface area contributed by atoms with Gasteiger partial charge in [-0.25, -0.2) is 9.97 Å². The summed E-state index contributed by atoms with van der Waals surface area (Å²) in [6.07, 6.45) is 3.23. The minimum absolute atomic E-state index is 0.348. The fourth-order valence-corrected chi connectivity index (χ4v) is 1.21. The minimum atomic E-state index is 0.348. The lowest BCUT2D eigenvalue weighted by Crippen LogP contribution is -2.38. The molecular formula is C9H14N4S. The molecule has 0 aliphatic rings. The predicted octanol–water partition coefficient (Wildman–Crippen LogP) is 0.849. The van der Waals surface area contributed by atoms with Gasteiger partial charge in [0.05, 0.1) is 12.2 Å². The van der Waals surface area contributed by atoms with Crippen LogP contribution in [0, 0.1) is 0 Å². The van der Waals surface area contributed by atoms with E-state index in [9.17, 15) is 0 Å². The van der Waals surface area contributed by atoms with Gasteiger partial charge in [0.1, 0.15) is 6.33 Å². The number of nitrogens with zero attached hydrogens (tertiary/aromatic N) is 2. The molecule has 4 nitrogen and oxygen atoms in total. The molecule has 0 spiro atoms. The van der Waals surface area contributed by atoms with Gasteiger partial charge in [-0.3, -0.25) is 0 Å². The van der Waals surface area contributed by atoms with Crippen molar-refractivity contribution < 1.29 is 0 Å². The topological polar surface area (TPSA) is 49.8 Å². The fourth-order valence-electron chi connectivity index (χ4n) is 0.907. The van der Waals surface area contributed by atoms with Gasteiger partial charge in [0.25, 0.3) is 0 Å². The highest BCUT2D eigenvalue weighted by Crippen LogP contribution is 1.89. The van der Waals surface area contributed by atoms with Gasteiger partial charge in [-0.2, -0.15) is 0 Å². The molecule has 0 aromatic carbocycles. The summed E-state index contributed by atoms with van der Waals surface area (Å²) in [5.74, 6) is 0. The Hall–Kier alpha value is -1.23. The molecular weight excluding hydrogens is 196 g/mol. The third-order valence-electron chi connectivity index (χ3n) is 1.49. The molecule has 0 saturated heterocycles. The van der Waals surface area contributed by atoms with E-state index in [1.807, 2.05) is 19.9 Å². The molecule has 0 fully saturated rings. The fraction of sp³-hybridized carbons (Fsp3) is 0.444. The van der Waals surface area contributed by atoms with Gasteiger partial charge in [-0.1, -0.05) is 0 Å². The van der Waals surface area contributed by atoms with E-state index in [1.54, 1.807) is 6.20 Å². The molecule has 14 heavy (non-hydrogen) atoms. The standard InChI is InChI=1S/C9H14N4S/c1-7(2)13-9(14)11-5-8-3-4-10-6-12-8/h3-4,6-7H,5H2,1-2H3,(H2,11,13,14). The Morgan fingerprint density at radius 2 is 2.36 bits per heavy atom. The summed E-state index contributed by atoms with van der Waals surface area (Å²) < 4.78 is 0. The second-order valence-electron chi connectivity index (χ2n) is 3.18. The lowest BCUT2D eigenvalue weighted by atomic mass is 10.4. The van der Waals surface area contributed by atoms with Crippen molar-refractivity contribution in [3.8, 4) is 0 Å². The van der Waals surface area contributed by atoms with Crippen molar-refractivity contribution in [1.82, 2.24) is 20.6 Å². The molecule has 5 heteroatoms. The molecule has 0 bridgehead atoms. The van der Waals surface area contributed by atoms with Crippen LogP contribution in [0.1, 0.15) is 19.5 Å². The molecule has 0 unspecified atom stereocenters. The monoisotopic (exact) mass is 210 g/mol. The normalized spacial score (nSPS) is 9.93. The van der Waals surface area contributed by atoms with Crippen molar-refractivity contribution in [3.05, 3.63) is 24.3 Å². The molecule has 0 aliphatic heterocycles. The molecule has 1 aromatic heterocycles. The van der Waals surface area contributed by atoms with E-state index in [-0.39, 0.29) is 0 Å². The molecule has 1 rings (SSSR count). The second kappa shape index (κ2) is 5.49. The third-order valence-corrected chi connectivity index (χ3v) is 1.76. The van der Waals surface area contributed by atoms with Crippen molar-refractivity contribution in [3.63, 3.8) is 0 Å². The SMILES string of the molecule is CC(C)NC(=S)NCc1ccncn1. The predicted molar refractivity (Wildman–Crippen MR) is 59.7 cm³/mol. The van der Waals surface area contributed by atoms with E-state index in [2.05, 4.69) is 20.6 Å². The van der Waals surface area contributed by atoms with E-state index >= 15 is 0 Å². The Morgan fingerprint density at radius 3 is 2.93 bits per heavy atom. The van der Waals surface area contributed by atoms with Crippen LogP contribution in [0.3, 0.4) is 0 Å². The van der Waals surface area contributed by atoms with E-state index < -0.39 is 0 Å². The Labute approximate surface area is 89.2 Å². The largest absolute Gasteiger partial charge is 0.361 e. The number of hydrogen-bond acceptors (Lipinski definition) is 3. The first-order valence-electron chi connectivity index (χ1n) is 4.47. The van der Waals surface area contributed by atoms with Crippen LogP contribution >= 0.6 is 12.2 Å². The average molecular weight is 210 g/mol. The van der Waals surface area contributed by atoms with Crippen LogP contribution in [0.5, 0.6) is 0 Å². The summed E-state index contributed by atoms with van der Waals surface area (Å²) in [7, 11) is 0. The Morgan fingerprint density at radius 1 is 1.57 bits per heavy atom. The minimum Gasteiger partial charge on any atom is -0.361 e. The highest BCUT2D eigenvalue weighted by Gasteiger charge is 1.98. The molecule has 1 heterocycles. The lowest BCUT2D eigenvalue weighted by molar-refractivity contribution is 0.709. The maximum atomic E-state index is 5.06. The zero-order valence-electron chi connectivity index (χ0n) is 8.32. The highest BCUT2D eigenvalue weighted by atomic mass is 32.1. The number of thiocarbonyl (C=S) groups is 1. The third kappa shape index (κ3) is 4.13. The van der Waals surface area contributed by atoms with Crippen molar-refractivity contribution >= 4 is 17.3 Å². The average Bonchev–Trinajstić information content (AvgIpc) is 2.15. The highest BCUT2D eigenvalue weighted by molar-refractivity contribution is 7.80. The number of aromatic nitrogens is 2. The van der Waals surface area contributed by atoms with Gasteiger partial charge in [0.15, 0.2) is 5.11 Å². The van der Waals surface area contributed by atoms with Gasteiger partial charge in [0.2, 0.25) is 0 Å². The summed E-state index contributed by atoms with van der Waals surface area (Å²) in [4.78, 5) is 7.90. The van der Waals surface area contributed by atoms with Gasteiger partial charge in [-0.05, 0) is 32.1 Å². The zero-order chi connectivity index (χ0) is 10.4. The van der Waals surface area contributed by atoms with Crippen LogP contribution in [0.15, 0.2) is 18.6 Å². The summed E-state index contributed by atoms with van der Waals surface area (Å²) >= 11 is 5.06. The van der Waals surface area contributed by atoms with Crippen molar-refractivity contribution in [2.75, 3.05) is 0 Å². The molecule has 2 N–H and O–H groups in total. The number of hydrogen-bond donors (Lipinski definition) is 2. The Kier molecular flexibility index (Phi) is 4.25. The van der Waals surface area contributed by atoms with Crippen LogP contribution in [-0.4, -0.2) is 21.1 Å². The lowest BCUT2D eigenvalue weighted by Gasteiger charge is -2.12. The van der Waals surface area contributed by atoms with Crippen LogP contribution < -0.4 is 10.6 Å². The first-order chi connectivity index (χ1) is 6.68. The first kappa shape index (κ1) is 10.8. The van der Waals surface area contributed by atoms with Crippen molar-refractivity contribution in [2.24, 2.45) is 0 Å². The van der Waals surface area contributed by atoms with Gasteiger partial charge >= 0.3 is 0 Å². The van der Waals surface area contributed by atoms with Crippen molar-refractivity contribution in [2.45, 2.75) is 26.4 Å². The van der Waals surface area contributed by atoms with Gasteiger partial charge < -0.3 is 10.6 Å². The van der Waals surface area contributed by atoms with E-state index in [4.69, 9.17) is 12.2 Å². The molecule has 0 radical (unpaired) electrons. The van der Waals surface area contributed by atoms with E-state index in [1.165, 1.54) is 6.33 Å². The maximum Gasteiger partial charge on any atom is 0.166 e.